The van der Waals surface area contributed by atoms with Gasteiger partial charge in [0.2, 0.25) is 5.91 Å². The van der Waals surface area contributed by atoms with E-state index in [-0.39, 0.29) is 23.9 Å². The Hall–Kier alpha value is -3.44. The van der Waals surface area contributed by atoms with Crippen molar-refractivity contribution in [1.82, 2.24) is 15.3 Å². The predicted octanol–water partition coefficient (Wildman–Crippen LogP) is 3.83. The van der Waals surface area contributed by atoms with Gasteiger partial charge >= 0.3 is 0 Å². The van der Waals surface area contributed by atoms with Crippen LogP contribution in [0.1, 0.15) is 53.8 Å². The average Bonchev–Trinajstić information content (AvgIpc) is 3.42. The third kappa shape index (κ3) is 4.89. The minimum absolute atomic E-state index is 0.0130. The molecule has 2 aliphatic rings. The summed E-state index contributed by atoms with van der Waals surface area (Å²) in [5, 5.41) is 27.1. The summed E-state index contributed by atoms with van der Waals surface area (Å²) in [6.45, 7) is 0.506. The molecule has 1 aliphatic carbocycles. The lowest BCUT2D eigenvalue weighted by molar-refractivity contribution is -0.127. The summed E-state index contributed by atoms with van der Waals surface area (Å²) < 4.78 is 49.0. The second-order valence-corrected chi connectivity index (χ2v) is 10.3. The van der Waals surface area contributed by atoms with E-state index >= 15 is 0 Å². The van der Waals surface area contributed by atoms with Gasteiger partial charge in [-0.05, 0) is 44.7 Å². The van der Waals surface area contributed by atoms with Crippen LogP contribution in [0.15, 0.2) is 24.3 Å². The van der Waals surface area contributed by atoms with E-state index in [1.165, 1.54) is 12.1 Å². The van der Waals surface area contributed by atoms with Crippen molar-refractivity contribution in [1.29, 1.82) is 0 Å². The number of aromatic nitrogens is 2. The molecule has 39 heavy (non-hydrogen) atoms. The van der Waals surface area contributed by atoms with E-state index in [2.05, 4.69) is 20.6 Å². The van der Waals surface area contributed by atoms with E-state index in [1.807, 2.05) is 0 Å². The van der Waals surface area contributed by atoms with Gasteiger partial charge in [-0.2, -0.15) is 8.78 Å². The van der Waals surface area contributed by atoms with E-state index < -0.39 is 29.5 Å². The van der Waals surface area contributed by atoms with Crippen molar-refractivity contribution in [2.75, 3.05) is 25.6 Å². The molecule has 3 aromatic rings. The molecule has 0 atom stereocenters. The summed E-state index contributed by atoms with van der Waals surface area (Å²) in [7, 11) is 1.60. The number of hydrogen-bond donors (Lipinski definition) is 4. The summed E-state index contributed by atoms with van der Waals surface area (Å²) >= 11 is 0. The van der Waals surface area contributed by atoms with Crippen molar-refractivity contribution in [2.24, 2.45) is 5.92 Å². The number of aliphatic hydroxyl groups excluding tert-OH is 1. The molecule has 1 saturated carbocycles. The number of alkyl halides is 2. The summed E-state index contributed by atoms with van der Waals surface area (Å²) in [6, 6.07) is 5.44. The number of amides is 1. The Bertz CT molecular complexity index is 1420. The third-order valence-corrected chi connectivity index (χ3v) is 7.80. The van der Waals surface area contributed by atoms with E-state index in [4.69, 9.17) is 9.84 Å². The van der Waals surface area contributed by atoms with Crippen LogP contribution >= 0.6 is 0 Å². The molecule has 2 aromatic carbocycles. The zero-order valence-electron chi connectivity index (χ0n) is 21.8. The first-order valence-electron chi connectivity index (χ1n) is 13.0. The number of rotatable bonds is 7. The molecule has 1 aromatic heterocycles. The number of nitrogens with one attached hydrogen (secondary N) is 2. The van der Waals surface area contributed by atoms with Crippen LogP contribution < -0.4 is 15.4 Å². The third-order valence-electron chi connectivity index (χ3n) is 7.80. The van der Waals surface area contributed by atoms with Gasteiger partial charge < -0.3 is 25.6 Å². The number of nitrogens with zero attached hydrogens (tertiary/aromatic N) is 2. The molecule has 0 spiro atoms. The molecule has 0 bridgehead atoms. The number of halogens is 3. The minimum Gasteiger partial charge on any atom is -0.492 e. The van der Waals surface area contributed by atoms with E-state index in [9.17, 15) is 23.1 Å². The van der Waals surface area contributed by atoms with Gasteiger partial charge in [0.15, 0.2) is 0 Å². The first-order valence-corrected chi connectivity index (χ1v) is 13.0. The minimum atomic E-state index is -3.71. The van der Waals surface area contributed by atoms with Crippen molar-refractivity contribution < 1.29 is 32.9 Å². The Morgan fingerprint density at radius 1 is 1.26 bits per heavy atom. The Balaban J connectivity index is 1.52. The second kappa shape index (κ2) is 10.3. The number of aryl methyl sites for hydroxylation is 1. The molecule has 8 nitrogen and oxygen atoms in total. The molecular weight excluding hydrogens is 513 g/mol. The number of benzene rings is 2. The van der Waals surface area contributed by atoms with Gasteiger partial charge in [0.05, 0.1) is 23.3 Å². The molecule has 5 rings (SSSR count). The van der Waals surface area contributed by atoms with Crippen LogP contribution in [0, 0.1) is 18.7 Å². The number of anilines is 1. The maximum atomic E-state index is 15.0. The Morgan fingerprint density at radius 3 is 2.69 bits per heavy atom. The Morgan fingerprint density at radius 2 is 2.00 bits per heavy atom. The number of hydrogen-bond acceptors (Lipinski definition) is 7. The molecular formula is C28H31F3N4O4. The smallest absolute Gasteiger partial charge is 0.298 e. The molecule has 2 heterocycles. The van der Waals surface area contributed by atoms with E-state index in [0.717, 1.165) is 11.6 Å². The lowest BCUT2D eigenvalue weighted by atomic mass is 9.74. The highest BCUT2D eigenvalue weighted by molar-refractivity contribution is 5.94. The summed E-state index contributed by atoms with van der Waals surface area (Å²) in [5.74, 6) is -3.60. The van der Waals surface area contributed by atoms with Gasteiger partial charge in [0.25, 0.3) is 5.92 Å². The fourth-order valence-corrected chi connectivity index (χ4v) is 5.65. The molecule has 1 fully saturated rings. The maximum Gasteiger partial charge on any atom is 0.298 e. The fourth-order valence-electron chi connectivity index (χ4n) is 5.65. The number of aliphatic hydroxyl groups is 2. The quantitative estimate of drug-likeness (QED) is 0.357. The standard InChI is InChI=1S/C28H31F3N4O4/c1-15-34-23-18-8-11-39-24(18)21(27(38)9-6-16(7-10-27)26(37)32-2)12-19(23)25(35-15)33-13-17-4-3-5-20(22(17)29)28(30,31)14-36/h3-5,12,16,36,38H,6-11,13-14H2,1-2H3,(H,32,37)(H,33,34,35)/t16-,27+. The largest absolute Gasteiger partial charge is 0.492 e. The van der Waals surface area contributed by atoms with Crippen molar-refractivity contribution in [3.05, 3.63) is 58.2 Å². The lowest BCUT2D eigenvalue weighted by Crippen LogP contribution is -2.37. The van der Waals surface area contributed by atoms with Crippen molar-refractivity contribution in [2.45, 2.75) is 57.1 Å². The van der Waals surface area contributed by atoms with Crippen LogP contribution in [-0.2, 0) is 29.3 Å². The molecule has 1 aliphatic heterocycles. The molecule has 1 amide bonds. The second-order valence-electron chi connectivity index (χ2n) is 10.3. The molecule has 0 radical (unpaired) electrons. The summed E-state index contributed by atoms with van der Waals surface area (Å²) in [6.07, 6.45) is 2.37. The number of carbonyl (C=O) groups excluding carboxylic acids is 1. The van der Waals surface area contributed by atoms with Crippen LogP contribution in [0.3, 0.4) is 0 Å². The molecule has 11 heteroatoms. The zero-order valence-corrected chi connectivity index (χ0v) is 21.8. The molecule has 0 unspecified atom stereocenters. The topological polar surface area (TPSA) is 117 Å². The van der Waals surface area contributed by atoms with Crippen molar-refractivity contribution >= 4 is 22.6 Å². The highest BCUT2D eigenvalue weighted by atomic mass is 19.3. The van der Waals surface area contributed by atoms with Crippen LogP contribution in [0.2, 0.25) is 0 Å². The average molecular weight is 545 g/mol. The van der Waals surface area contributed by atoms with Gasteiger partial charge in [-0.15, -0.1) is 0 Å². The first-order chi connectivity index (χ1) is 18.6. The van der Waals surface area contributed by atoms with E-state index in [0.29, 0.717) is 72.6 Å². The van der Waals surface area contributed by atoms with Gasteiger partial charge in [-0.3, -0.25) is 4.79 Å². The van der Waals surface area contributed by atoms with Crippen LogP contribution in [0.4, 0.5) is 19.0 Å². The Kier molecular flexibility index (Phi) is 7.15. The summed E-state index contributed by atoms with van der Waals surface area (Å²) in [4.78, 5) is 21.3. The fraction of sp³-hybridized carbons (Fsp3) is 0.464. The number of fused-ring (bicyclic) bond motifs is 3. The number of carbonyl (C=O) groups is 1. The molecule has 0 saturated heterocycles. The van der Waals surface area contributed by atoms with Crippen molar-refractivity contribution in [3.8, 4) is 5.75 Å². The number of ether oxygens (including phenoxy) is 1. The molecule has 208 valence electrons. The SMILES string of the molecule is CNC(=O)[C@H]1CC[C@](O)(c2cc3c(NCc4cccc(C(F)(F)CO)c4F)nc(C)nc3c3c2OCC3)CC1. The molecule has 4 N–H and O–H groups in total. The summed E-state index contributed by atoms with van der Waals surface area (Å²) in [5.41, 5.74) is -0.0190. The van der Waals surface area contributed by atoms with Gasteiger partial charge in [0.1, 0.15) is 29.8 Å². The van der Waals surface area contributed by atoms with E-state index in [1.54, 1.807) is 20.0 Å². The normalized spacial score (nSPS) is 20.9. The van der Waals surface area contributed by atoms with Crippen LogP contribution in [0.25, 0.3) is 10.9 Å². The van der Waals surface area contributed by atoms with Crippen molar-refractivity contribution in [3.63, 3.8) is 0 Å². The van der Waals surface area contributed by atoms with Gasteiger partial charge in [-0.25, -0.2) is 14.4 Å². The van der Waals surface area contributed by atoms with Crippen LogP contribution in [0.5, 0.6) is 5.75 Å². The van der Waals surface area contributed by atoms with Crippen LogP contribution in [-0.4, -0.2) is 46.3 Å². The zero-order chi connectivity index (χ0) is 27.9. The predicted molar refractivity (Wildman–Crippen MR) is 138 cm³/mol. The van der Waals surface area contributed by atoms with Gasteiger partial charge in [0, 0.05) is 48.0 Å². The lowest BCUT2D eigenvalue weighted by Gasteiger charge is -2.36. The highest BCUT2D eigenvalue weighted by Crippen LogP contribution is 2.48. The highest BCUT2D eigenvalue weighted by Gasteiger charge is 2.41. The first kappa shape index (κ1) is 27.1. The Labute approximate surface area is 223 Å². The van der Waals surface area contributed by atoms with Gasteiger partial charge in [-0.1, -0.05) is 12.1 Å². The maximum absolute atomic E-state index is 15.0. The monoisotopic (exact) mass is 544 g/mol.